The molecule has 0 fully saturated rings. The lowest BCUT2D eigenvalue weighted by atomic mass is 10.1. The third-order valence-electron chi connectivity index (χ3n) is 13.5. The van der Waals surface area contributed by atoms with Crippen LogP contribution in [0.2, 0.25) is 0 Å². The van der Waals surface area contributed by atoms with Gasteiger partial charge in [0.1, 0.15) is 0 Å². The minimum Gasteiger partial charge on any atom is -0.372 e. The molecule has 0 N–H and O–H groups in total. The van der Waals surface area contributed by atoms with Crippen LogP contribution < -0.4 is 29.4 Å². The maximum Gasteiger partial charge on any atom is 0.192 e. The molecule has 5 aromatic rings. The van der Waals surface area contributed by atoms with Crippen molar-refractivity contribution in [2.24, 2.45) is 0 Å². The molecular weight excluding hydrogens is 829 g/mol. The third kappa shape index (κ3) is 16.1. The van der Waals surface area contributed by atoms with Crippen LogP contribution in [0.5, 0.6) is 0 Å². The van der Waals surface area contributed by atoms with Gasteiger partial charge in [0.25, 0.3) is 0 Å². The van der Waals surface area contributed by atoms with E-state index in [1.165, 1.54) is 148 Å². The van der Waals surface area contributed by atoms with Crippen molar-refractivity contribution in [1.29, 1.82) is 0 Å². The summed E-state index contributed by atoms with van der Waals surface area (Å²) in [4.78, 5) is 15.2. The summed E-state index contributed by atoms with van der Waals surface area (Å²) >= 11 is 0. The van der Waals surface area contributed by atoms with Crippen molar-refractivity contribution in [3.05, 3.63) is 121 Å². The Morgan fingerprint density at radius 2 is 0.397 bits per heavy atom. The predicted octanol–water partition coefficient (Wildman–Crippen LogP) is 18.2. The van der Waals surface area contributed by atoms with Crippen molar-refractivity contribution < 1.29 is 0 Å². The molecule has 0 spiro atoms. The van der Waals surface area contributed by atoms with Crippen LogP contribution in [0, 0.1) is 0 Å². The van der Waals surface area contributed by atoms with Crippen LogP contribution >= 0.6 is 0 Å². The van der Waals surface area contributed by atoms with E-state index in [1.807, 2.05) is 0 Å². The van der Waals surface area contributed by atoms with Gasteiger partial charge in [0, 0.05) is 129 Å². The largest absolute Gasteiger partial charge is 0.372 e. The monoisotopic (exact) mass is 921 g/mol. The van der Waals surface area contributed by atoms with Crippen LogP contribution in [0.3, 0.4) is 0 Å². The van der Waals surface area contributed by atoms with E-state index in [1.54, 1.807) is 0 Å². The average Bonchev–Trinajstić information content (AvgIpc) is 3.38. The quantitative estimate of drug-likeness (QED) is 0.0382. The zero-order chi connectivity index (χ0) is 48.4. The zero-order valence-electron chi connectivity index (χ0n) is 44.2. The average molecular weight is 921 g/mol. The molecule has 0 unspecified atom stereocenters. The smallest absolute Gasteiger partial charge is 0.192 e. The Morgan fingerprint density at radius 3 is 0.588 bits per heavy atom. The first-order valence-electron chi connectivity index (χ1n) is 27.5. The minimum atomic E-state index is 1.10. The number of rotatable bonds is 34. The molecule has 0 saturated heterocycles. The highest BCUT2D eigenvalue weighted by atomic mass is 15.2. The number of hydrogen-bond acceptors (Lipinski definition) is 6. The normalized spacial score (nSPS) is 11.3. The van der Waals surface area contributed by atoms with Crippen LogP contribution in [-0.2, 0) is 0 Å². The Balaban J connectivity index is 1.58. The van der Waals surface area contributed by atoms with Crippen molar-refractivity contribution in [3.63, 3.8) is 0 Å². The second-order valence-corrected chi connectivity index (χ2v) is 19.0. The summed E-state index contributed by atoms with van der Waals surface area (Å²) in [6.45, 7) is 27.1. The molecule has 0 bridgehead atoms. The van der Waals surface area contributed by atoms with E-state index >= 15 is 0 Å². The third-order valence-corrected chi connectivity index (χ3v) is 13.5. The fraction of sp³-hybridized carbons (Fsp3) is 0.516. The van der Waals surface area contributed by atoms with Gasteiger partial charge in [-0.3, -0.25) is 0 Å². The van der Waals surface area contributed by atoms with Gasteiger partial charge in [0.2, 0.25) is 0 Å². The summed E-state index contributed by atoms with van der Waals surface area (Å²) in [7, 11) is 0. The molecule has 0 saturated carbocycles. The molecule has 0 aliphatic heterocycles. The van der Waals surface area contributed by atoms with Crippen LogP contribution in [0.25, 0.3) is 0 Å². The van der Waals surface area contributed by atoms with E-state index in [0.717, 1.165) is 63.7 Å². The second kappa shape index (κ2) is 30.5. The molecule has 0 amide bonds. The van der Waals surface area contributed by atoms with Crippen molar-refractivity contribution in [2.45, 2.75) is 158 Å². The fourth-order valence-corrected chi connectivity index (χ4v) is 9.17. The summed E-state index contributed by atoms with van der Waals surface area (Å²) in [5.74, 6) is 0. The van der Waals surface area contributed by atoms with Gasteiger partial charge in [0.05, 0.1) is 0 Å². The van der Waals surface area contributed by atoms with E-state index < -0.39 is 0 Å². The van der Waals surface area contributed by atoms with Crippen molar-refractivity contribution in [3.8, 4) is 0 Å². The van der Waals surface area contributed by atoms with Gasteiger partial charge >= 0.3 is 0 Å². The van der Waals surface area contributed by atoms with Gasteiger partial charge in [-0.15, -0.1) is 0 Å². The van der Waals surface area contributed by atoms with Crippen LogP contribution in [-0.4, -0.2) is 52.4 Å². The second-order valence-electron chi connectivity index (χ2n) is 19.0. The Bertz CT molecular complexity index is 1740. The number of unbranched alkanes of at least 4 members (excludes halogenated alkanes) is 8. The maximum absolute atomic E-state index is 2.58. The van der Waals surface area contributed by atoms with Crippen LogP contribution in [0.1, 0.15) is 158 Å². The van der Waals surface area contributed by atoms with E-state index in [2.05, 4.69) is 206 Å². The Labute approximate surface area is 416 Å². The standard InChI is InChI=1S/C62H92N6/c1-9-17-45-63(46-18-10-2)53-25-33-57(34-26-53)67(58-35-27-54(28-36-58)64(47-19-11-3)48-20-12-4)61-41-43-62(44-42-61)68(59-37-29-55(30-38-59)65(49-21-13-5)50-22-14-6)60-39-31-56(32-40-60)66(51-23-15-7)52-24-16-8/h25-44H,9-24,45-52H2,1-8H3/q+1. The molecule has 6 heteroatoms. The van der Waals surface area contributed by atoms with Gasteiger partial charge in [-0.25, -0.2) is 0 Å². The highest BCUT2D eigenvalue weighted by Crippen LogP contribution is 2.41. The summed E-state index contributed by atoms with van der Waals surface area (Å²) in [5.41, 5.74) is 12.2. The minimum absolute atomic E-state index is 1.10. The Kier molecular flexibility index (Phi) is 24.2. The van der Waals surface area contributed by atoms with E-state index in [4.69, 9.17) is 0 Å². The number of nitrogens with zero attached hydrogens (tertiary/aromatic N) is 6. The molecule has 369 valence electrons. The summed E-state index contributed by atoms with van der Waals surface area (Å²) in [5, 5.41) is 0. The fourth-order valence-electron chi connectivity index (χ4n) is 9.17. The van der Waals surface area contributed by atoms with Crippen molar-refractivity contribution in [1.82, 2.24) is 4.90 Å². The number of hydrogen-bond donors (Lipinski definition) is 0. The summed E-state index contributed by atoms with van der Waals surface area (Å²) < 4.78 is 0. The van der Waals surface area contributed by atoms with Crippen molar-refractivity contribution >= 4 is 56.9 Å². The van der Waals surface area contributed by atoms with E-state index in [0.29, 0.717) is 0 Å². The molecular formula is C62H92N6+. The van der Waals surface area contributed by atoms with Crippen LogP contribution in [0.4, 0.5) is 56.9 Å². The van der Waals surface area contributed by atoms with Gasteiger partial charge < -0.3 is 24.5 Å². The molecule has 0 aliphatic carbocycles. The number of benzene rings is 5. The lowest BCUT2D eigenvalue weighted by Crippen LogP contribution is -2.25. The predicted molar refractivity (Wildman–Crippen MR) is 303 cm³/mol. The first kappa shape index (κ1) is 54.0. The number of anilines is 10. The van der Waals surface area contributed by atoms with Gasteiger partial charge in [0.15, 0.2) is 17.1 Å². The highest BCUT2D eigenvalue weighted by Gasteiger charge is 2.27. The summed E-state index contributed by atoms with van der Waals surface area (Å²) in [6, 6.07) is 46.7. The van der Waals surface area contributed by atoms with Gasteiger partial charge in [-0.1, -0.05) is 112 Å². The Morgan fingerprint density at radius 1 is 0.235 bits per heavy atom. The SMILES string of the molecule is CCCCN(CCCC)c1ccc(N(c2ccc(N(CCCC)CCCC)cc2)c2ccc([N+](c3ccc(N(CCCC)CCCC)cc3)c3ccc(N(CCCC)CCCC)cc3)cc2)cc1. The van der Waals surface area contributed by atoms with E-state index in [9.17, 15) is 0 Å². The van der Waals surface area contributed by atoms with Crippen molar-refractivity contribution in [2.75, 3.05) is 76.9 Å². The maximum atomic E-state index is 2.58. The summed E-state index contributed by atoms with van der Waals surface area (Å²) in [6.07, 6.45) is 19.3. The zero-order valence-corrected chi connectivity index (χ0v) is 44.2. The molecule has 5 rings (SSSR count). The lowest BCUT2D eigenvalue weighted by Gasteiger charge is -2.29. The van der Waals surface area contributed by atoms with Gasteiger partial charge in [-0.05, 0) is 136 Å². The topological polar surface area (TPSA) is 22.1 Å². The van der Waals surface area contributed by atoms with Gasteiger partial charge in [-0.2, -0.15) is 0 Å². The Hall–Kier alpha value is -4.94. The molecule has 0 aliphatic rings. The first-order valence-corrected chi connectivity index (χ1v) is 27.5. The molecule has 0 aromatic heterocycles. The lowest BCUT2D eigenvalue weighted by molar-refractivity contribution is 0.678. The highest BCUT2D eigenvalue weighted by molar-refractivity contribution is 5.80. The molecule has 6 nitrogen and oxygen atoms in total. The first-order chi connectivity index (χ1) is 33.4. The van der Waals surface area contributed by atoms with E-state index in [-0.39, 0.29) is 0 Å². The molecule has 5 aromatic carbocycles. The molecule has 0 atom stereocenters. The van der Waals surface area contributed by atoms with Crippen LogP contribution in [0.15, 0.2) is 121 Å². The molecule has 68 heavy (non-hydrogen) atoms. The molecule has 0 heterocycles. The molecule has 1 radical (unpaired) electrons.